The lowest BCUT2D eigenvalue weighted by atomic mass is 9.86. The number of carbonyl (C=O) groups excluding carboxylic acids is 14. The van der Waals surface area contributed by atoms with E-state index in [9.17, 15) is 67.1 Å². The minimum atomic E-state index is -0.915. The zero-order chi connectivity index (χ0) is 97.8. The summed E-state index contributed by atoms with van der Waals surface area (Å²) >= 11 is 0. The Morgan fingerprint density at radius 1 is 0.295 bits per heavy atom. The molecule has 5 aromatic carbocycles. The molecule has 0 aliphatic heterocycles. The minimum Gasteiger partial charge on any atom is -0.489 e. The van der Waals surface area contributed by atoms with Gasteiger partial charge in [0.1, 0.15) is 113 Å². The van der Waals surface area contributed by atoms with Crippen LogP contribution in [-0.2, 0) is 124 Å². The highest BCUT2D eigenvalue weighted by Crippen LogP contribution is 2.34. The number of aryl methyl sites for hydroxylation is 5. The molecular formula is C98H108O34. The van der Waals surface area contributed by atoms with Crippen LogP contribution >= 0.6 is 0 Å². The van der Waals surface area contributed by atoms with Crippen molar-refractivity contribution >= 4 is 83.6 Å². The molecule has 1 saturated carbocycles. The molecule has 34 nitrogen and oxygen atoms in total. The van der Waals surface area contributed by atoms with E-state index in [1.807, 2.05) is 45.0 Å². The standard InChI is InChI=1S/C33H40O12.C33H34O12.C32H34O10/c2*1-7-29(34)41-19-25(43-31(36)9-3)17-39-27-13-11-23(15-21(27)5)33(38)45-24-12-14-28(22(6)16-24)40-18-26(44-32(37)10-4)20-42-30(35)8-2;1-7-29(33)39-19-25(41-31(35)9-3)17-37-27-13-11-23(15-21(27)5)24-12-14-28(22(6)16-24)38-18-26(42-32(36)10-4)20-40-30(34)8-2/h7-11,13,15,22,24-26,28H,1-4,12,14,16-20H2,5-6H3;7-16,25-26H,1-4,17-20H2,5-6H3;7-16,25-26H,1-4,17-20H2,5-6H3. The molecule has 0 bridgehead atoms. The van der Waals surface area contributed by atoms with Crippen molar-refractivity contribution in [3.8, 4) is 45.6 Å². The molecule has 34 heteroatoms. The average molecular weight is 1830 g/mol. The van der Waals surface area contributed by atoms with Gasteiger partial charge in [-0.3, -0.25) is 0 Å². The molecular weight excluding hydrogens is 1720 g/mol. The van der Waals surface area contributed by atoms with Crippen molar-refractivity contribution in [1.29, 1.82) is 0 Å². The summed E-state index contributed by atoms with van der Waals surface area (Å²) in [4.78, 5) is 164. The van der Waals surface area contributed by atoms with E-state index in [1.165, 1.54) is 12.1 Å². The van der Waals surface area contributed by atoms with Gasteiger partial charge in [0.2, 0.25) is 0 Å². The molecule has 0 aromatic heterocycles. The highest BCUT2D eigenvalue weighted by atomic mass is 16.6. The third-order valence-corrected chi connectivity index (χ3v) is 18.0. The van der Waals surface area contributed by atoms with Crippen molar-refractivity contribution in [2.24, 2.45) is 5.92 Å². The van der Waals surface area contributed by atoms with Crippen molar-refractivity contribution in [3.05, 3.63) is 282 Å². The van der Waals surface area contributed by atoms with Crippen LogP contribution in [0.3, 0.4) is 0 Å². The molecule has 1 aliphatic rings. The van der Waals surface area contributed by atoms with Gasteiger partial charge in [0.25, 0.3) is 0 Å². The zero-order valence-electron chi connectivity index (χ0n) is 74.3. The molecule has 1 aliphatic carbocycles. The third kappa shape index (κ3) is 40.7. The van der Waals surface area contributed by atoms with Crippen LogP contribution in [0.4, 0.5) is 0 Å². The molecule has 0 spiro atoms. The van der Waals surface area contributed by atoms with Gasteiger partial charge in [-0.2, -0.15) is 0 Å². The largest absolute Gasteiger partial charge is 0.489 e. The maximum Gasteiger partial charge on any atom is 0.343 e. The van der Waals surface area contributed by atoms with Crippen LogP contribution in [0.2, 0.25) is 0 Å². The first-order chi connectivity index (χ1) is 63.1. The number of carbonyl (C=O) groups is 14. The number of ether oxygens (including phenoxy) is 20. The van der Waals surface area contributed by atoms with E-state index >= 15 is 0 Å². The Bertz CT molecular complexity index is 4890. The first kappa shape index (κ1) is 109. The number of rotatable bonds is 53. The van der Waals surface area contributed by atoms with E-state index in [4.69, 9.17) is 94.7 Å². The monoisotopic (exact) mass is 1830 g/mol. The highest BCUT2D eigenvalue weighted by molar-refractivity contribution is 5.92. The quantitative estimate of drug-likeness (QED) is 0.0151. The van der Waals surface area contributed by atoms with Gasteiger partial charge in [-0.1, -0.05) is 98.0 Å². The summed E-state index contributed by atoms with van der Waals surface area (Å²) in [6, 6.07) is 25.3. The van der Waals surface area contributed by atoms with Gasteiger partial charge in [-0.25, -0.2) is 67.1 Å². The number of esters is 14. The second-order valence-electron chi connectivity index (χ2n) is 28.1. The number of hydrogen-bond acceptors (Lipinski definition) is 34. The second kappa shape index (κ2) is 58.8. The van der Waals surface area contributed by atoms with Gasteiger partial charge < -0.3 is 94.7 Å². The maximum absolute atomic E-state index is 12.9. The highest BCUT2D eigenvalue weighted by Gasteiger charge is 2.33. The zero-order valence-corrected chi connectivity index (χ0v) is 74.3. The van der Waals surface area contributed by atoms with Crippen LogP contribution in [-0.4, -0.2) is 212 Å². The SMILES string of the molecule is C=CC(=O)OCC(COc1ccc(-c2ccc(OCC(COC(=O)C=C)OC(=O)C=C)c(C)c2)cc1C)OC(=O)C=C.C=CC(=O)OCC(COc1ccc(C(=O)OC2CCC(OCC(COC(=O)C=C)OC(=O)C=C)C(C)C2)cc1C)OC(=O)C=C.C=CC(=O)OCC(COc1ccc(OC(=O)c2ccc(OCC(COC(=O)C=C)OC(=O)C=C)c(C)c2)cc1C)OC(=O)C=C. The fraction of sp³-hybridized carbons (Fsp3) is 0.306. The fourth-order valence-corrected chi connectivity index (χ4v) is 11.3. The van der Waals surface area contributed by atoms with E-state index in [1.54, 1.807) is 75.4 Å². The minimum absolute atomic E-state index is 0.00850. The lowest BCUT2D eigenvalue weighted by Gasteiger charge is -2.34. The average Bonchev–Trinajstić information content (AvgIpc) is 0.754. The summed E-state index contributed by atoms with van der Waals surface area (Å²) < 4.78 is 107. The maximum atomic E-state index is 12.9. The van der Waals surface area contributed by atoms with Crippen LogP contribution in [0.1, 0.15) is 74.7 Å². The summed E-state index contributed by atoms with van der Waals surface area (Å²) in [6.07, 6.45) is 7.93. The van der Waals surface area contributed by atoms with Crippen LogP contribution in [0.5, 0.6) is 34.5 Å². The predicted octanol–water partition coefficient (Wildman–Crippen LogP) is 12.1. The molecule has 0 heterocycles. The molecule has 0 saturated heterocycles. The van der Waals surface area contributed by atoms with E-state index in [2.05, 4.69) is 78.9 Å². The first-order valence-corrected chi connectivity index (χ1v) is 40.5. The summed E-state index contributed by atoms with van der Waals surface area (Å²) in [6.45, 7) is 49.1. The van der Waals surface area contributed by atoms with Gasteiger partial charge >= 0.3 is 83.6 Å². The van der Waals surface area contributed by atoms with E-state index in [0.29, 0.717) is 70.3 Å². The molecule has 132 heavy (non-hydrogen) atoms. The first-order valence-electron chi connectivity index (χ1n) is 40.5. The van der Waals surface area contributed by atoms with E-state index in [-0.39, 0.29) is 109 Å². The predicted molar refractivity (Wildman–Crippen MR) is 477 cm³/mol. The normalized spacial score (nSPS) is 13.9. The van der Waals surface area contributed by atoms with Crippen molar-refractivity contribution in [3.63, 3.8) is 0 Å². The Hall–Kier alpha value is -15.5. The van der Waals surface area contributed by atoms with Gasteiger partial charge in [-0.15, -0.1) is 0 Å². The molecule has 0 N–H and O–H groups in total. The van der Waals surface area contributed by atoms with Crippen molar-refractivity contribution in [2.75, 3.05) is 79.3 Å². The number of benzene rings is 5. The summed E-state index contributed by atoms with van der Waals surface area (Å²) in [5.74, 6) is -6.60. The lowest BCUT2D eigenvalue weighted by Crippen LogP contribution is -2.37. The Kier molecular flexibility index (Phi) is 48.5. The number of hydrogen-bond donors (Lipinski definition) is 0. The third-order valence-electron chi connectivity index (χ3n) is 18.0. The molecule has 9 unspecified atom stereocenters. The lowest BCUT2D eigenvalue weighted by molar-refractivity contribution is -0.159. The summed E-state index contributed by atoms with van der Waals surface area (Å²) in [5.41, 5.74) is 5.89. The molecule has 9 atom stereocenters. The van der Waals surface area contributed by atoms with Crippen molar-refractivity contribution < 1.29 is 162 Å². The van der Waals surface area contributed by atoms with Crippen molar-refractivity contribution in [2.45, 2.75) is 110 Å². The fourth-order valence-electron chi connectivity index (χ4n) is 11.3. The van der Waals surface area contributed by atoms with E-state index < -0.39 is 120 Å². The van der Waals surface area contributed by atoms with Crippen LogP contribution in [0.15, 0.2) is 243 Å². The molecule has 0 amide bonds. The van der Waals surface area contributed by atoms with Gasteiger partial charge in [-0.05, 0) is 178 Å². The van der Waals surface area contributed by atoms with Crippen LogP contribution in [0.25, 0.3) is 11.1 Å². The topological polar surface area (TPSA) is 424 Å². The molecule has 0 radical (unpaired) electrons. The second-order valence-corrected chi connectivity index (χ2v) is 28.1. The molecule has 5 aromatic rings. The van der Waals surface area contributed by atoms with Gasteiger partial charge in [0.15, 0.2) is 36.6 Å². The van der Waals surface area contributed by atoms with Crippen LogP contribution < -0.4 is 28.4 Å². The summed E-state index contributed by atoms with van der Waals surface area (Å²) in [7, 11) is 0. The van der Waals surface area contributed by atoms with Crippen molar-refractivity contribution in [1.82, 2.24) is 0 Å². The molecule has 6 rings (SSSR count). The summed E-state index contributed by atoms with van der Waals surface area (Å²) in [5, 5.41) is 0. The Balaban J connectivity index is 0.000000415. The Labute approximate surface area is 764 Å². The molecule has 704 valence electrons. The van der Waals surface area contributed by atoms with Crippen LogP contribution in [0, 0.1) is 40.5 Å². The Morgan fingerprint density at radius 2 is 0.545 bits per heavy atom. The van der Waals surface area contributed by atoms with Gasteiger partial charge in [0.05, 0.1) is 23.8 Å². The van der Waals surface area contributed by atoms with E-state index in [0.717, 1.165) is 95.2 Å². The van der Waals surface area contributed by atoms with Gasteiger partial charge in [0, 0.05) is 72.9 Å². The molecule has 1 fully saturated rings. The smallest absolute Gasteiger partial charge is 0.343 e. The Morgan fingerprint density at radius 3 is 0.803 bits per heavy atom.